The first-order chi connectivity index (χ1) is 7.97. The molecule has 5 atom stereocenters. The quantitative estimate of drug-likeness (QED) is 0.495. The molecule has 6 nitrogen and oxygen atoms in total. The van der Waals surface area contributed by atoms with Gasteiger partial charge in [-0.25, -0.2) is 4.39 Å². The molecule has 0 aliphatic carbocycles. The van der Waals surface area contributed by atoms with Gasteiger partial charge in [-0.15, -0.1) is 0 Å². The van der Waals surface area contributed by atoms with Crippen LogP contribution in [0.1, 0.15) is 6.92 Å². The fourth-order valence-electron chi connectivity index (χ4n) is 1.46. The lowest BCUT2D eigenvalue weighted by Gasteiger charge is -2.39. The van der Waals surface area contributed by atoms with Crippen LogP contribution in [0.15, 0.2) is 11.9 Å². The van der Waals surface area contributed by atoms with E-state index in [1.807, 2.05) is 0 Å². The Kier molecular flexibility index (Phi) is 5.44. The summed E-state index contributed by atoms with van der Waals surface area (Å²) < 4.78 is 22.4. The SMILES string of the molecule is C/C(F)=C\CO[C@@H]1OC(CO)[C@@H](O)C(O)C1O. The van der Waals surface area contributed by atoms with E-state index < -0.39 is 43.1 Å². The highest BCUT2D eigenvalue weighted by Crippen LogP contribution is 2.21. The lowest BCUT2D eigenvalue weighted by molar-refractivity contribution is -0.298. The van der Waals surface area contributed by atoms with Gasteiger partial charge in [-0.05, 0) is 13.0 Å². The largest absolute Gasteiger partial charge is 0.394 e. The molecular formula is C10H17FO6. The van der Waals surface area contributed by atoms with E-state index in [-0.39, 0.29) is 6.61 Å². The second-order valence-electron chi connectivity index (χ2n) is 3.82. The third kappa shape index (κ3) is 3.70. The van der Waals surface area contributed by atoms with E-state index in [0.29, 0.717) is 0 Å². The maximum Gasteiger partial charge on any atom is 0.187 e. The Bertz CT molecular complexity index is 266. The second kappa shape index (κ2) is 6.39. The van der Waals surface area contributed by atoms with Gasteiger partial charge in [0.1, 0.15) is 24.4 Å². The molecule has 0 bridgehead atoms. The average Bonchev–Trinajstić information content (AvgIpc) is 2.29. The summed E-state index contributed by atoms with van der Waals surface area (Å²) in [7, 11) is 0. The van der Waals surface area contributed by atoms with Gasteiger partial charge in [0.15, 0.2) is 6.29 Å². The van der Waals surface area contributed by atoms with Gasteiger partial charge < -0.3 is 29.9 Å². The van der Waals surface area contributed by atoms with Crippen LogP contribution in [0.4, 0.5) is 4.39 Å². The van der Waals surface area contributed by atoms with Crippen molar-refractivity contribution >= 4 is 0 Å². The van der Waals surface area contributed by atoms with Gasteiger partial charge in [0.2, 0.25) is 0 Å². The van der Waals surface area contributed by atoms with Crippen molar-refractivity contribution in [1.29, 1.82) is 0 Å². The van der Waals surface area contributed by atoms with Crippen LogP contribution < -0.4 is 0 Å². The van der Waals surface area contributed by atoms with Crippen LogP contribution in [-0.2, 0) is 9.47 Å². The van der Waals surface area contributed by atoms with E-state index in [1.165, 1.54) is 6.92 Å². The maximum absolute atomic E-state index is 12.4. The van der Waals surface area contributed by atoms with Gasteiger partial charge in [-0.3, -0.25) is 0 Å². The van der Waals surface area contributed by atoms with Crippen molar-refractivity contribution in [3.8, 4) is 0 Å². The molecule has 0 aromatic rings. The van der Waals surface area contributed by atoms with E-state index >= 15 is 0 Å². The fourth-order valence-corrected chi connectivity index (χ4v) is 1.46. The van der Waals surface area contributed by atoms with Crippen molar-refractivity contribution in [2.75, 3.05) is 13.2 Å². The summed E-state index contributed by atoms with van der Waals surface area (Å²) in [5.74, 6) is -0.449. The summed E-state index contributed by atoms with van der Waals surface area (Å²) in [5.41, 5.74) is 0. The summed E-state index contributed by atoms with van der Waals surface area (Å²) in [6, 6.07) is 0. The zero-order chi connectivity index (χ0) is 13.0. The normalized spacial score (nSPS) is 39.4. The van der Waals surface area contributed by atoms with Crippen LogP contribution in [0.25, 0.3) is 0 Å². The van der Waals surface area contributed by atoms with E-state index in [9.17, 15) is 19.7 Å². The second-order valence-corrected chi connectivity index (χ2v) is 3.82. The number of hydrogen-bond acceptors (Lipinski definition) is 6. The predicted molar refractivity (Wildman–Crippen MR) is 54.6 cm³/mol. The molecule has 100 valence electrons. The lowest BCUT2D eigenvalue weighted by Crippen LogP contribution is -2.59. The van der Waals surface area contributed by atoms with Crippen LogP contribution in [0.5, 0.6) is 0 Å². The summed E-state index contributed by atoms with van der Waals surface area (Å²) >= 11 is 0. The molecular weight excluding hydrogens is 235 g/mol. The maximum atomic E-state index is 12.4. The first-order valence-corrected chi connectivity index (χ1v) is 5.21. The molecule has 1 fully saturated rings. The van der Waals surface area contributed by atoms with E-state index in [4.69, 9.17) is 14.6 Å². The van der Waals surface area contributed by atoms with Crippen LogP contribution in [0.3, 0.4) is 0 Å². The van der Waals surface area contributed by atoms with E-state index in [2.05, 4.69) is 0 Å². The van der Waals surface area contributed by atoms with Crippen LogP contribution in [0.2, 0.25) is 0 Å². The Morgan fingerprint density at radius 1 is 1.29 bits per heavy atom. The van der Waals surface area contributed by atoms with Crippen molar-refractivity contribution in [2.24, 2.45) is 0 Å². The molecule has 0 amide bonds. The van der Waals surface area contributed by atoms with Crippen molar-refractivity contribution in [3.05, 3.63) is 11.9 Å². The molecule has 17 heavy (non-hydrogen) atoms. The van der Waals surface area contributed by atoms with Crippen LogP contribution in [0, 0.1) is 0 Å². The summed E-state index contributed by atoms with van der Waals surface area (Å²) in [4.78, 5) is 0. The predicted octanol–water partition coefficient (Wildman–Crippen LogP) is -1.32. The zero-order valence-corrected chi connectivity index (χ0v) is 9.36. The number of ether oxygens (including phenoxy) is 2. The monoisotopic (exact) mass is 252 g/mol. The van der Waals surface area contributed by atoms with Gasteiger partial charge in [0.05, 0.1) is 19.0 Å². The molecule has 0 aromatic carbocycles. The Morgan fingerprint density at radius 3 is 2.47 bits per heavy atom. The number of hydrogen-bond donors (Lipinski definition) is 4. The smallest absolute Gasteiger partial charge is 0.187 e. The molecule has 1 heterocycles. The Hall–Kier alpha value is -0.570. The molecule has 3 unspecified atom stereocenters. The van der Waals surface area contributed by atoms with Crippen LogP contribution >= 0.6 is 0 Å². The summed E-state index contributed by atoms with van der Waals surface area (Å²) in [6.07, 6.45) is -5.48. The minimum atomic E-state index is -1.48. The van der Waals surface area contributed by atoms with Gasteiger partial charge in [0.25, 0.3) is 0 Å². The minimum absolute atomic E-state index is 0.148. The summed E-state index contributed by atoms with van der Waals surface area (Å²) in [5, 5.41) is 37.3. The Balaban J connectivity index is 2.56. The number of rotatable bonds is 4. The number of aliphatic hydroxyl groups excluding tert-OH is 4. The first kappa shape index (κ1) is 14.5. The third-order valence-corrected chi connectivity index (χ3v) is 2.47. The molecule has 0 spiro atoms. The lowest BCUT2D eigenvalue weighted by atomic mass is 9.99. The van der Waals surface area contributed by atoms with Crippen molar-refractivity contribution in [2.45, 2.75) is 37.6 Å². The highest BCUT2D eigenvalue weighted by molar-refractivity contribution is 4.90. The molecule has 0 radical (unpaired) electrons. The Morgan fingerprint density at radius 2 is 1.94 bits per heavy atom. The average molecular weight is 252 g/mol. The minimum Gasteiger partial charge on any atom is -0.394 e. The first-order valence-electron chi connectivity index (χ1n) is 5.21. The zero-order valence-electron chi connectivity index (χ0n) is 9.36. The van der Waals surface area contributed by atoms with Gasteiger partial charge in [-0.2, -0.15) is 0 Å². The summed E-state index contributed by atoms with van der Waals surface area (Å²) in [6.45, 7) is 0.560. The number of halogens is 1. The standard InChI is InChI=1S/C10H17FO6/c1-5(11)2-3-16-10-9(15)8(14)7(13)6(4-12)17-10/h2,6-10,12-15H,3-4H2,1H3/b5-2+/t6?,7-,8?,9?,10-/m1/s1. The topological polar surface area (TPSA) is 99.4 Å². The Labute approximate surface area is 97.9 Å². The highest BCUT2D eigenvalue weighted by Gasteiger charge is 2.43. The van der Waals surface area contributed by atoms with Crippen molar-refractivity contribution < 1.29 is 34.3 Å². The fraction of sp³-hybridized carbons (Fsp3) is 0.800. The molecule has 1 aliphatic heterocycles. The van der Waals surface area contributed by atoms with Gasteiger partial charge in [0, 0.05) is 0 Å². The van der Waals surface area contributed by atoms with Crippen molar-refractivity contribution in [3.63, 3.8) is 0 Å². The number of aliphatic hydroxyl groups is 4. The molecule has 0 aromatic heterocycles. The number of allylic oxidation sites excluding steroid dienone is 1. The highest BCUT2D eigenvalue weighted by atomic mass is 19.1. The molecule has 1 saturated heterocycles. The molecule has 1 aliphatic rings. The van der Waals surface area contributed by atoms with E-state index in [0.717, 1.165) is 6.08 Å². The van der Waals surface area contributed by atoms with Gasteiger partial charge >= 0.3 is 0 Å². The molecule has 4 N–H and O–H groups in total. The van der Waals surface area contributed by atoms with Crippen molar-refractivity contribution in [1.82, 2.24) is 0 Å². The molecule has 1 rings (SSSR count). The van der Waals surface area contributed by atoms with Gasteiger partial charge in [-0.1, -0.05) is 0 Å². The molecule has 0 saturated carbocycles. The third-order valence-electron chi connectivity index (χ3n) is 2.47. The van der Waals surface area contributed by atoms with E-state index in [1.54, 1.807) is 0 Å². The van der Waals surface area contributed by atoms with Crippen LogP contribution in [-0.4, -0.2) is 64.3 Å². The molecule has 7 heteroatoms.